The monoisotopic (exact) mass is 325 g/mol. The highest BCUT2D eigenvalue weighted by Gasteiger charge is 2.45. The topological polar surface area (TPSA) is 20.3 Å². The molecule has 1 aliphatic heterocycles. The van der Waals surface area contributed by atoms with E-state index in [1.807, 2.05) is 18.8 Å². The molecule has 0 unspecified atom stereocenters. The molecule has 0 spiro atoms. The average Bonchev–Trinajstić information content (AvgIpc) is 2.88. The molecule has 0 aromatic heterocycles. The first-order valence-corrected chi connectivity index (χ1v) is 9.81. The Hall–Kier alpha value is -1.63. The highest BCUT2D eigenvalue weighted by Crippen LogP contribution is 2.74. The molecule has 3 atom stereocenters. The van der Waals surface area contributed by atoms with Gasteiger partial charge in [0.2, 0.25) is 0 Å². The minimum absolute atomic E-state index is 0.0376. The molecule has 2 aromatic rings. The van der Waals surface area contributed by atoms with Gasteiger partial charge in [-0.05, 0) is 39.1 Å². The molecule has 23 heavy (non-hydrogen) atoms. The second kappa shape index (κ2) is 6.11. The fourth-order valence-corrected chi connectivity index (χ4v) is 6.54. The maximum absolute atomic E-state index is 14.0. The smallest absolute Gasteiger partial charge is 0.171 e. The summed E-state index contributed by atoms with van der Waals surface area (Å²) in [7, 11) is 1.27. The Morgan fingerprint density at radius 3 is 1.39 bits per heavy atom. The Labute approximate surface area is 139 Å². The van der Waals surface area contributed by atoms with E-state index in [4.69, 9.17) is 0 Å². The van der Waals surface area contributed by atoms with E-state index in [2.05, 4.69) is 74.5 Å². The Bertz CT molecular complexity index is 700. The van der Waals surface area contributed by atoms with E-state index >= 15 is 0 Å². The number of hydrogen-bond acceptors (Lipinski definition) is 1. The number of aryl methyl sites for hydroxylation is 2. The van der Waals surface area contributed by atoms with Gasteiger partial charge < -0.3 is 4.57 Å². The van der Waals surface area contributed by atoms with Crippen LogP contribution in [-0.2, 0) is 4.57 Å². The first-order chi connectivity index (χ1) is 10.9. The minimum Gasteiger partial charge on any atom is -0.305 e. The predicted octanol–water partition coefficient (Wildman–Crippen LogP) is 5.50. The number of hydrogen-bond donors (Lipinski definition) is 0. The van der Waals surface area contributed by atoms with Gasteiger partial charge in [0.15, 0.2) is 7.29 Å². The van der Waals surface area contributed by atoms with Crippen LogP contribution in [0.25, 0.3) is 0 Å². The van der Waals surface area contributed by atoms with Gasteiger partial charge in [-0.25, -0.2) is 0 Å². The summed E-state index contributed by atoms with van der Waals surface area (Å²) < 4.78 is 16.0. The second-order valence-corrected chi connectivity index (χ2v) is 9.87. The molecule has 3 heteroatoms. The Morgan fingerprint density at radius 1 is 0.739 bits per heavy atom. The highest BCUT2D eigenvalue weighted by atomic mass is 31.2. The van der Waals surface area contributed by atoms with Gasteiger partial charge in [-0.15, -0.1) is 0 Å². The van der Waals surface area contributed by atoms with Gasteiger partial charge in [-0.2, -0.15) is 0 Å². The van der Waals surface area contributed by atoms with Crippen LogP contribution in [0.5, 0.6) is 0 Å². The molecule has 0 aliphatic carbocycles. The normalized spacial score (nSPS) is 26.8. The Balaban J connectivity index is 2.04. The number of nitrogens with zero attached hydrogens (tertiary/aromatic N) is 1. The first-order valence-electron chi connectivity index (χ1n) is 8.01. The van der Waals surface area contributed by atoms with Crippen molar-refractivity contribution in [2.75, 3.05) is 14.1 Å². The third kappa shape index (κ3) is 2.82. The Morgan fingerprint density at radius 2 is 1.09 bits per heavy atom. The average molecular weight is 325 g/mol. The van der Waals surface area contributed by atoms with Gasteiger partial charge in [-0.3, -0.25) is 4.67 Å². The summed E-state index contributed by atoms with van der Waals surface area (Å²) in [5.74, 6) is 0. The maximum Gasteiger partial charge on any atom is 0.171 e. The van der Waals surface area contributed by atoms with Crippen molar-refractivity contribution < 1.29 is 4.57 Å². The van der Waals surface area contributed by atoms with Crippen molar-refractivity contribution in [3.63, 3.8) is 0 Å². The van der Waals surface area contributed by atoms with Crippen LogP contribution < -0.4 is 0 Å². The summed E-state index contributed by atoms with van der Waals surface area (Å²) in [6, 6.07) is 16.8. The van der Waals surface area contributed by atoms with E-state index in [9.17, 15) is 4.57 Å². The van der Waals surface area contributed by atoms with Gasteiger partial charge in [0.25, 0.3) is 0 Å². The van der Waals surface area contributed by atoms with Gasteiger partial charge >= 0.3 is 0 Å². The third-order valence-electron chi connectivity index (χ3n) is 4.74. The largest absolute Gasteiger partial charge is 0.305 e. The summed E-state index contributed by atoms with van der Waals surface area (Å²) in [5.41, 5.74) is 4.65. The molecule has 0 N–H and O–H groups in total. The molecule has 0 saturated carbocycles. The van der Waals surface area contributed by atoms with Crippen LogP contribution in [-0.4, -0.2) is 18.8 Å². The summed E-state index contributed by atoms with van der Waals surface area (Å²) >= 11 is 0. The first kappa shape index (κ1) is 16.2. The Kier molecular flexibility index (Phi) is 4.31. The van der Waals surface area contributed by atoms with E-state index in [-0.39, 0.29) is 11.3 Å². The summed E-state index contributed by atoms with van der Waals surface area (Å²) in [6.07, 6.45) is 4.27. The molecule has 1 aliphatic rings. The maximum atomic E-state index is 14.0. The lowest BCUT2D eigenvalue weighted by atomic mass is 10.1. The molecule has 0 radical (unpaired) electrons. The van der Waals surface area contributed by atoms with Crippen LogP contribution in [0, 0.1) is 13.8 Å². The van der Waals surface area contributed by atoms with Crippen LogP contribution in [0.1, 0.15) is 33.6 Å². The van der Waals surface area contributed by atoms with E-state index in [1.165, 1.54) is 11.1 Å². The third-order valence-corrected chi connectivity index (χ3v) is 8.52. The van der Waals surface area contributed by atoms with Gasteiger partial charge in [0.1, 0.15) is 0 Å². The lowest BCUT2D eigenvalue weighted by molar-refractivity contribution is 0.505. The quantitative estimate of drug-likeness (QED) is 0.549. The van der Waals surface area contributed by atoms with Crippen LogP contribution in [0.15, 0.2) is 60.7 Å². The molecular weight excluding hydrogens is 301 g/mol. The van der Waals surface area contributed by atoms with Crippen LogP contribution in [0.4, 0.5) is 0 Å². The zero-order valence-electron chi connectivity index (χ0n) is 14.2. The van der Waals surface area contributed by atoms with Crippen LogP contribution in [0.2, 0.25) is 0 Å². The SMILES string of the molecule is Cc1ccc([C@H]2C=C[C@@H](c3ccc(C)cc3)[P@@]2(=O)N(C)C)cc1. The van der Waals surface area contributed by atoms with Crippen molar-refractivity contribution in [1.82, 2.24) is 4.67 Å². The van der Waals surface area contributed by atoms with E-state index in [0.717, 1.165) is 11.1 Å². The lowest BCUT2D eigenvalue weighted by Gasteiger charge is -2.32. The summed E-state index contributed by atoms with van der Waals surface area (Å²) in [6.45, 7) is 4.16. The molecule has 0 saturated heterocycles. The fourth-order valence-electron chi connectivity index (χ4n) is 3.30. The molecule has 2 nitrogen and oxygen atoms in total. The molecule has 1 heterocycles. The van der Waals surface area contributed by atoms with Crippen molar-refractivity contribution in [2.24, 2.45) is 0 Å². The predicted molar refractivity (Wildman–Crippen MR) is 98.3 cm³/mol. The van der Waals surface area contributed by atoms with Crippen molar-refractivity contribution >= 4 is 7.29 Å². The van der Waals surface area contributed by atoms with Crippen molar-refractivity contribution in [3.8, 4) is 0 Å². The van der Waals surface area contributed by atoms with Crippen molar-refractivity contribution in [2.45, 2.75) is 25.2 Å². The van der Waals surface area contributed by atoms with Gasteiger partial charge in [0, 0.05) is 0 Å². The van der Waals surface area contributed by atoms with Crippen LogP contribution >= 0.6 is 7.29 Å². The standard InChI is InChI=1S/C20H24NOP/c1-15-5-9-17(10-6-15)19-13-14-20(23(19,22)21(3)4)18-11-7-16(2)8-12-18/h5-14,19-20H,1-4H3/t19-,20+,23-. The van der Waals surface area contributed by atoms with E-state index in [0.29, 0.717) is 0 Å². The molecule has 2 aromatic carbocycles. The van der Waals surface area contributed by atoms with Gasteiger partial charge in [0.05, 0.1) is 11.3 Å². The lowest BCUT2D eigenvalue weighted by Crippen LogP contribution is -2.15. The second-order valence-electron chi connectivity index (χ2n) is 6.62. The number of rotatable bonds is 3. The molecule has 0 bridgehead atoms. The number of allylic oxidation sites excluding steroid dienone is 2. The zero-order chi connectivity index (χ0) is 16.6. The number of benzene rings is 2. The van der Waals surface area contributed by atoms with Crippen molar-refractivity contribution in [3.05, 3.63) is 82.9 Å². The summed E-state index contributed by atoms with van der Waals surface area (Å²) in [5, 5.41) is 0. The van der Waals surface area contributed by atoms with E-state index < -0.39 is 7.29 Å². The zero-order valence-corrected chi connectivity index (χ0v) is 15.1. The van der Waals surface area contributed by atoms with Gasteiger partial charge in [-0.1, -0.05) is 71.8 Å². The minimum atomic E-state index is -2.61. The molecular formula is C20H24NOP. The summed E-state index contributed by atoms with van der Waals surface area (Å²) in [4.78, 5) is 0. The van der Waals surface area contributed by atoms with E-state index in [1.54, 1.807) is 0 Å². The fraction of sp³-hybridized carbons (Fsp3) is 0.300. The highest BCUT2D eigenvalue weighted by molar-refractivity contribution is 7.63. The van der Waals surface area contributed by atoms with Crippen molar-refractivity contribution in [1.29, 1.82) is 0 Å². The molecule has 120 valence electrons. The molecule has 3 rings (SSSR count). The van der Waals surface area contributed by atoms with Crippen LogP contribution in [0.3, 0.4) is 0 Å². The molecule has 0 fully saturated rings. The molecule has 0 amide bonds.